The lowest BCUT2D eigenvalue weighted by atomic mass is 10.2. The maximum atomic E-state index is 12.2. The van der Waals surface area contributed by atoms with Gasteiger partial charge in [0, 0.05) is 5.02 Å². The van der Waals surface area contributed by atoms with E-state index in [1.807, 2.05) is 0 Å². The largest absolute Gasteiger partial charge is 0.495 e. The van der Waals surface area contributed by atoms with E-state index in [-0.39, 0.29) is 0 Å². The molecule has 7 heteroatoms. The molecule has 0 aliphatic rings. The number of ether oxygens (including phenoxy) is 3. The van der Waals surface area contributed by atoms with Crippen LogP contribution in [-0.2, 0) is 14.3 Å². The van der Waals surface area contributed by atoms with Crippen LogP contribution in [0, 0.1) is 0 Å². The van der Waals surface area contributed by atoms with Gasteiger partial charge in [0.05, 0.1) is 12.8 Å². The molecule has 0 saturated heterocycles. The lowest BCUT2D eigenvalue weighted by molar-refractivity contribution is -0.159. The van der Waals surface area contributed by atoms with Crippen molar-refractivity contribution in [3.8, 4) is 11.5 Å². The SMILES string of the molecule is COc1ccccc1NC(=O)[C@H](C)OC(=O)[C@H](C)Oc1ccc(Cl)cc1. The number of carbonyl (C=O) groups excluding carboxylic acids is 2. The fourth-order valence-electron chi connectivity index (χ4n) is 2.07. The molecule has 26 heavy (non-hydrogen) atoms. The Labute approximate surface area is 157 Å². The third kappa shape index (κ3) is 5.39. The molecule has 0 saturated carbocycles. The summed E-state index contributed by atoms with van der Waals surface area (Å²) in [7, 11) is 1.50. The summed E-state index contributed by atoms with van der Waals surface area (Å²) in [6, 6.07) is 13.5. The van der Waals surface area contributed by atoms with Crippen molar-refractivity contribution in [2.45, 2.75) is 26.1 Å². The predicted octanol–water partition coefficient (Wildman–Crippen LogP) is 3.69. The van der Waals surface area contributed by atoms with Crippen molar-refractivity contribution in [2.24, 2.45) is 0 Å². The van der Waals surface area contributed by atoms with Crippen LogP contribution in [0.3, 0.4) is 0 Å². The van der Waals surface area contributed by atoms with Gasteiger partial charge in [0.15, 0.2) is 12.2 Å². The maximum Gasteiger partial charge on any atom is 0.347 e. The number of halogens is 1. The molecule has 2 rings (SSSR count). The highest BCUT2D eigenvalue weighted by Gasteiger charge is 2.23. The van der Waals surface area contributed by atoms with Crippen molar-refractivity contribution in [1.82, 2.24) is 0 Å². The summed E-state index contributed by atoms with van der Waals surface area (Å²) in [6.07, 6.45) is -1.87. The van der Waals surface area contributed by atoms with E-state index in [2.05, 4.69) is 5.32 Å². The highest BCUT2D eigenvalue weighted by atomic mass is 35.5. The molecule has 6 nitrogen and oxygen atoms in total. The second-order valence-electron chi connectivity index (χ2n) is 5.48. The van der Waals surface area contributed by atoms with Crippen molar-refractivity contribution >= 4 is 29.2 Å². The molecule has 0 bridgehead atoms. The van der Waals surface area contributed by atoms with Gasteiger partial charge in [-0.2, -0.15) is 0 Å². The molecule has 2 aromatic rings. The van der Waals surface area contributed by atoms with Crippen LogP contribution in [0.5, 0.6) is 11.5 Å². The smallest absolute Gasteiger partial charge is 0.347 e. The zero-order valence-electron chi connectivity index (χ0n) is 14.7. The van der Waals surface area contributed by atoms with Gasteiger partial charge in [-0.3, -0.25) is 4.79 Å². The molecule has 0 aromatic heterocycles. The van der Waals surface area contributed by atoms with Gasteiger partial charge in [0.1, 0.15) is 11.5 Å². The number of hydrogen-bond acceptors (Lipinski definition) is 5. The Balaban J connectivity index is 1.90. The minimum atomic E-state index is -0.997. The second kappa shape index (κ2) is 9.10. The molecular formula is C19H20ClNO5. The van der Waals surface area contributed by atoms with E-state index in [1.54, 1.807) is 55.5 Å². The number of para-hydroxylation sites is 2. The molecule has 0 heterocycles. The zero-order chi connectivity index (χ0) is 19.1. The average Bonchev–Trinajstić information content (AvgIpc) is 2.63. The highest BCUT2D eigenvalue weighted by molar-refractivity contribution is 6.30. The normalized spacial score (nSPS) is 12.6. The highest BCUT2D eigenvalue weighted by Crippen LogP contribution is 2.23. The van der Waals surface area contributed by atoms with Gasteiger partial charge in [0.2, 0.25) is 0 Å². The first-order valence-corrected chi connectivity index (χ1v) is 8.35. The molecule has 0 radical (unpaired) electrons. The Morgan fingerprint density at radius 3 is 2.31 bits per heavy atom. The van der Waals surface area contributed by atoms with Gasteiger partial charge in [-0.05, 0) is 50.2 Å². The number of rotatable bonds is 7. The van der Waals surface area contributed by atoms with E-state index in [9.17, 15) is 9.59 Å². The van der Waals surface area contributed by atoms with Gasteiger partial charge in [-0.15, -0.1) is 0 Å². The van der Waals surface area contributed by atoms with Crippen LogP contribution < -0.4 is 14.8 Å². The molecule has 0 aliphatic heterocycles. The Bertz CT molecular complexity index is 763. The van der Waals surface area contributed by atoms with E-state index in [1.165, 1.54) is 14.0 Å². The fraction of sp³-hybridized carbons (Fsp3) is 0.263. The van der Waals surface area contributed by atoms with Gasteiger partial charge in [0.25, 0.3) is 5.91 Å². The summed E-state index contributed by atoms with van der Waals surface area (Å²) in [5.41, 5.74) is 0.494. The van der Waals surface area contributed by atoms with Crippen LogP contribution >= 0.6 is 11.6 Å². The van der Waals surface area contributed by atoms with E-state index >= 15 is 0 Å². The number of anilines is 1. The van der Waals surface area contributed by atoms with Crippen molar-refractivity contribution in [1.29, 1.82) is 0 Å². The van der Waals surface area contributed by atoms with Crippen molar-refractivity contribution in [3.63, 3.8) is 0 Å². The molecule has 0 spiro atoms. The van der Waals surface area contributed by atoms with E-state index in [0.717, 1.165) is 0 Å². The Kier molecular flexibility index (Phi) is 6.86. The number of methoxy groups -OCH3 is 1. The van der Waals surface area contributed by atoms with Crippen molar-refractivity contribution in [3.05, 3.63) is 53.6 Å². The van der Waals surface area contributed by atoms with Crippen LogP contribution in [0.2, 0.25) is 5.02 Å². The molecular weight excluding hydrogens is 358 g/mol. The average molecular weight is 378 g/mol. The first-order valence-electron chi connectivity index (χ1n) is 7.97. The first-order chi connectivity index (χ1) is 12.4. The Morgan fingerprint density at radius 2 is 1.65 bits per heavy atom. The second-order valence-corrected chi connectivity index (χ2v) is 5.92. The number of amides is 1. The summed E-state index contributed by atoms with van der Waals surface area (Å²) in [4.78, 5) is 24.4. The topological polar surface area (TPSA) is 73.9 Å². The number of esters is 1. The molecule has 2 aromatic carbocycles. The van der Waals surface area contributed by atoms with Gasteiger partial charge in [-0.25, -0.2) is 4.79 Å². The molecule has 138 valence electrons. The van der Waals surface area contributed by atoms with Crippen molar-refractivity contribution < 1.29 is 23.8 Å². The lowest BCUT2D eigenvalue weighted by Crippen LogP contribution is -2.35. The Morgan fingerprint density at radius 1 is 1.00 bits per heavy atom. The maximum absolute atomic E-state index is 12.2. The standard InChI is InChI=1S/C19H20ClNO5/c1-12(18(22)21-16-6-4-5-7-17(16)24-3)26-19(23)13(2)25-15-10-8-14(20)9-11-15/h4-13H,1-3H3,(H,21,22)/t12-,13-/m0/s1. The minimum Gasteiger partial charge on any atom is -0.495 e. The molecule has 0 aliphatic carbocycles. The summed E-state index contributed by atoms with van der Waals surface area (Å²) in [5.74, 6) is -0.132. The first kappa shape index (κ1) is 19.6. The molecule has 1 amide bonds. The van der Waals surface area contributed by atoms with Crippen LogP contribution in [0.4, 0.5) is 5.69 Å². The minimum absolute atomic E-state index is 0.471. The number of hydrogen-bond donors (Lipinski definition) is 1. The fourth-order valence-corrected chi connectivity index (χ4v) is 2.20. The van der Waals surface area contributed by atoms with Crippen LogP contribution in [0.15, 0.2) is 48.5 Å². The van der Waals surface area contributed by atoms with Gasteiger partial charge in [-0.1, -0.05) is 23.7 Å². The monoisotopic (exact) mass is 377 g/mol. The molecule has 0 unspecified atom stereocenters. The number of nitrogens with one attached hydrogen (secondary N) is 1. The lowest BCUT2D eigenvalue weighted by Gasteiger charge is -2.18. The summed E-state index contributed by atoms with van der Waals surface area (Å²) in [6.45, 7) is 3.03. The predicted molar refractivity (Wildman–Crippen MR) is 98.7 cm³/mol. The summed E-state index contributed by atoms with van der Waals surface area (Å²) >= 11 is 5.80. The molecule has 1 N–H and O–H groups in total. The molecule has 2 atom stereocenters. The van der Waals surface area contributed by atoms with Crippen LogP contribution in [-0.4, -0.2) is 31.2 Å². The summed E-state index contributed by atoms with van der Waals surface area (Å²) < 4.78 is 15.8. The van der Waals surface area contributed by atoms with E-state index in [4.69, 9.17) is 25.8 Å². The number of carbonyl (C=O) groups is 2. The zero-order valence-corrected chi connectivity index (χ0v) is 15.4. The third-order valence-electron chi connectivity index (χ3n) is 3.49. The van der Waals surface area contributed by atoms with Gasteiger partial charge >= 0.3 is 5.97 Å². The van der Waals surface area contributed by atoms with Crippen molar-refractivity contribution in [2.75, 3.05) is 12.4 Å². The van der Waals surface area contributed by atoms with E-state index in [0.29, 0.717) is 22.2 Å². The van der Waals surface area contributed by atoms with Gasteiger partial charge < -0.3 is 19.5 Å². The Hall–Kier alpha value is -2.73. The van der Waals surface area contributed by atoms with Crippen LogP contribution in [0.1, 0.15) is 13.8 Å². The summed E-state index contributed by atoms with van der Waals surface area (Å²) in [5, 5.41) is 3.23. The quantitative estimate of drug-likeness (QED) is 0.745. The van der Waals surface area contributed by atoms with E-state index < -0.39 is 24.1 Å². The third-order valence-corrected chi connectivity index (χ3v) is 3.74. The molecule has 0 fully saturated rings. The number of benzene rings is 2. The van der Waals surface area contributed by atoms with Crippen LogP contribution in [0.25, 0.3) is 0 Å².